The molecule has 2 aliphatic heterocycles. The lowest BCUT2D eigenvalue weighted by Gasteiger charge is -2.20. The molecule has 1 aliphatic carbocycles. The summed E-state index contributed by atoms with van der Waals surface area (Å²) in [5.74, 6) is -0.635. The van der Waals surface area contributed by atoms with Gasteiger partial charge in [-0.3, -0.25) is 18.8 Å². The van der Waals surface area contributed by atoms with Gasteiger partial charge in [0.05, 0.1) is 18.0 Å². The summed E-state index contributed by atoms with van der Waals surface area (Å²) < 4.78 is 25.7. The Hall–Kier alpha value is -2.42. The fourth-order valence-corrected chi connectivity index (χ4v) is 5.52. The Bertz CT molecular complexity index is 966. The lowest BCUT2D eigenvalue weighted by molar-refractivity contribution is -0.130. The molecule has 1 N–H and O–H groups in total. The van der Waals surface area contributed by atoms with Crippen molar-refractivity contribution in [3.8, 4) is 0 Å². The van der Waals surface area contributed by atoms with Gasteiger partial charge in [-0.2, -0.15) is 0 Å². The van der Waals surface area contributed by atoms with E-state index in [4.69, 9.17) is 0 Å². The van der Waals surface area contributed by atoms with Gasteiger partial charge in [0, 0.05) is 12.1 Å². The van der Waals surface area contributed by atoms with Gasteiger partial charge in [0.2, 0.25) is 10.0 Å². The van der Waals surface area contributed by atoms with Crippen molar-refractivity contribution in [3.05, 3.63) is 29.3 Å². The number of benzene rings is 1. The Kier molecular flexibility index (Phi) is 4.45. The molecule has 1 saturated carbocycles. The summed E-state index contributed by atoms with van der Waals surface area (Å²) in [7, 11) is -3.35. The van der Waals surface area contributed by atoms with Crippen LogP contribution in [0.5, 0.6) is 0 Å². The van der Waals surface area contributed by atoms with Crippen molar-refractivity contribution in [2.45, 2.75) is 44.6 Å². The summed E-state index contributed by atoms with van der Waals surface area (Å²) in [5.41, 5.74) is 0.928. The van der Waals surface area contributed by atoms with Gasteiger partial charge in [-0.05, 0) is 49.9 Å². The second-order valence-electron chi connectivity index (χ2n) is 7.60. The van der Waals surface area contributed by atoms with E-state index in [2.05, 4.69) is 5.32 Å². The highest BCUT2D eigenvalue weighted by atomic mass is 32.2. The zero-order valence-electron chi connectivity index (χ0n) is 15.7. The fourth-order valence-electron chi connectivity index (χ4n) is 4.36. The standard InChI is InChI=1S/C19H23N3O5S/c1-2-28(26,27)22-10-7-13-11-14(5-6-15(13)22)16(23)12-21-17(24)19(20-18(21)25)8-3-4-9-19/h5-6,11H,2-4,7-10,12H2,1H3,(H,20,25). The molecule has 2 fully saturated rings. The number of amides is 3. The van der Waals surface area contributed by atoms with Gasteiger partial charge in [0.1, 0.15) is 5.54 Å². The number of carbonyl (C=O) groups excluding carboxylic acids is 3. The van der Waals surface area contributed by atoms with Gasteiger partial charge in [-0.15, -0.1) is 0 Å². The van der Waals surface area contributed by atoms with Gasteiger partial charge in [-0.1, -0.05) is 12.8 Å². The molecule has 28 heavy (non-hydrogen) atoms. The Morgan fingerprint density at radius 2 is 1.93 bits per heavy atom. The fraction of sp³-hybridized carbons (Fsp3) is 0.526. The highest BCUT2D eigenvalue weighted by Gasteiger charge is 2.52. The van der Waals surface area contributed by atoms with Crippen molar-refractivity contribution in [3.63, 3.8) is 0 Å². The molecule has 0 unspecified atom stereocenters. The normalized spacial score (nSPS) is 20.8. The van der Waals surface area contributed by atoms with E-state index < -0.39 is 21.6 Å². The van der Waals surface area contributed by atoms with Crippen LogP contribution in [-0.4, -0.2) is 55.4 Å². The molecule has 4 rings (SSSR count). The van der Waals surface area contributed by atoms with E-state index in [1.807, 2.05) is 0 Å². The Balaban J connectivity index is 1.52. The van der Waals surface area contributed by atoms with Gasteiger partial charge in [0.15, 0.2) is 5.78 Å². The van der Waals surface area contributed by atoms with Crippen molar-refractivity contribution in [1.82, 2.24) is 10.2 Å². The molecule has 1 spiro atoms. The van der Waals surface area contributed by atoms with E-state index >= 15 is 0 Å². The summed E-state index contributed by atoms with van der Waals surface area (Å²) in [4.78, 5) is 38.7. The first-order valence-corrected chi connectivity index (χ1v) is 11.2. The molecule has 9 heteroatoms. The maximum atomic E-state index is 12.7. The molecule has 0 aromatic heterocycles. The number of carbonyl (C=O) groups is 3. The van der Waals surface area contributed by atoms with Crippen LogP contribution in [0.15, 0.2) is 18.2 Å². The van der Waals surface area contributed by atoms with Crippen LogP contribution in [0.3, 0.4) is 0 Å². The first-order chi connectivity index (χ1) is 13.3. The first kappa shape index (κ1) is 18.9. The molecule has 3 amide bonds. The van der Waals surface area contributed by atoms with Gasteiger partial charge < -0.3 is 5.32 Å². The van der Waals surface area contributed by atoms with Crippen LogP contribution in [0.2, 0.25) is 0 Å². The number of rotatable bonds is 5. The molecule has 1 saturated heterocycles. The molecule has 1 aromatic carbocycles. The summed E-state index contributed by atoms with van der Waals surface area (Å²) >= 11 is 0. The molecule has 1 aromatic rings. The van der Waals surface area contributed by atoms with Crippen LogP contribution in [0, 0.1) is 0 Å². The molecule has 2 heterocycles. The maximum absolute atomic E-state index is 12.7. The SMILES string of the molecule is CCS(=O)(=O)N1CCc2cc(C(=O)CN3C(=O)NC4(CCCC4)C3=O)ccc21. The van der Waals surface area contributed by atoms with Gasteiger partial charge in [0.25, 0.3) is 5.91 Å². The number of hydrogen-bond acceptors (Lipinski definition) is 5. The van der Waals surface area contributed by atoms with Gasteiger partial charge >= 0.3 is 6.03 Å². The zero-order valence-corrected chi connectivity index (χ0v) is 16.5. The number of sulfonamides is 1. The first-order valence-electron chi connectivity index (χ1n) is 9.58. The molecule has 3 aliphatic rings. The third-order valence-electron chi connectivity index (χ3n) is 5.96. The molecule has 150 valence electrons. The number of ketones is 1. The van der Waals surface area contributed by atoms with Crippen LogP contribution in [0.1, 0.15) is 48.5 Å². The van der Waals surface area contributed by atoms with E-state index in [1.165, 1.54) is 4.31 Å². The Morgan fingerprint density at radius 1 is 1.21 bits per heavy atom. The van der Waals surface area contributed by atoms with Crippen LogP contribution in [-0.2, 0) is 21.2 Å². The average Bonchev–Trinajstić information content (AvgIpc) is 3.36. The summed E-state index contributed by atoms with van der Waals surface area (Å²) in [6.07, 6.45) is 3.53. The smallest absolute Gasteiger partial charge is 0.323 e. The topological polar surface area (TPSA) is 104 Å². The van der Waals surface area contributed by atoms with Crippen molar-refractivity contribution in [1.29, 1.82) is 0 Å². The van der Waals surface area contributed by atoms with Crippen LogP contribution in [0.4, 0.5) is 10.5 Å². The van der Waals surface area contributed by atoms with Crippen LogP contribution < -0.4 is 9.62 Å². The van der Waals surface area contributed by atoms with E-state index in [0.29, 0.717) is 37.1 Å². The largest absolute Gasteiger partial charge is 0.325 e. The van der Waals surface area contributed by atoms with Crippen molar-refractivity contribution >= 4 is 33.4 Å². The summed E-state index contributed by atoms with van der Waals surface area (Å²) in [5, 5.41) is 2.77. The predicted molar refractivity (Wildman–Crippen MR) is 103 cm³/mol. The summed E-state index contributed by atoms with van der Waals surface area (Å²) in [6.45, 7) is 1.65. The Labute approximate surface area is 163 Å². The lowest BCUT2D eigenvalue weighted by atomic mass is 9.98. The second-order valence-corrected chi connectivity index (χ2v) is 9.78. The van der Waals surface area contributed by atoms with Crippen molar-refractivity contribution in [2.24, 2.45) is 0 Å². The Morgan fingerprint density at radius 3 is 2.61 bits per heavy atom. The van der Waals surface area contributed by atoms with Crippen LogP contribution in [0.25, 0.3) is 0 Å². The third-order valence-corrected chi connectivity index (χ3v) is 7.74. The zero-order chi connectivity index (χ0) is 20.1. The third kappa shape index (κ3) is 2.88. The second kappa shape index (κ2) is 6.58. The van der Waals surface area contributed by atoms with Crippen molar-refractivity contribution < 1.29 is 22.8 Å². The molecular weight excluding hydrogens is 382 g/mol. The minimum absolute atomic E-state index is 0.0149. The summed E-state index contributed by atoms with van der Waals surface area (Å²) in [6, 6.07) is 4.36. The number of hydrogen-bond donors (Lipinski definition) is 1. The maximum Gasteiger partial charge on any atom is 0.325 e. The number of nitrogens with zero attached hydrogens (tertiary/aromatic N) is 2. The molecule has 0 bridgehead atoms. The van der Waals surface area contributed by atoms with Crippen molar-refractivity contribution in [2.75, 3.05) is 23.1 Å². The highest BCUT2D eigenvalue weighted by Crippen LogP contribution is 2.35. The quantitative estimate of drug-likeness (QED) is 0.590. The number of fused-ring (bicyclic) bond motifs is 1. The van der Waals surface area contributed by atoms with E-state index in [1.54, 1.807) is 25.1 Å². The van der Waals surface area contributed by atoms with E-state index in [-0.39, 0.29) is 24.0 Å². The van der Waals surface area contributed by atoms with E-state index in [0.717, 1.165) is 23.3 Å². The average molecular weight is 405 g/mol. The number of Topliss-reactive ketones (excluding diaryl/α,β-unsaturated/α-hetero) is 1. The molecule has 0 radical (unpaired) electrons. The van der Waals surface area contributed by atoms with Crippen LogP contribution >= 0.6 is 0 Å². The number of anilines is 1. The number of nitrogens with one attached hydrogen (secondary N) is 1. The molecule has 8 nitrogen and oxygen atoms in total. The van der Waals surface area contributed by atoms with E-state index in [9.17, 15) is 22.8 Å². The molecule has 0 atom stereocenters. The number of urea groups is 1. The minimum atomic E-state index is -3.35. The predicted octanol–water partition coefficient (Wildman–Crippen LogP) is 1.45. The molecular formula is C19H23N3O5S. The monoisotopic (exact) mass is 405 g/mol. The van der Waals surface area contributed by atoms with Gasteiger partial charge in [-0.25, -0.2) is 13.2 Å². The number of imide groups is 1. The lowest BCUT2D eigenvalue weighted by Crippen LogP contribution is -2.44. The highest BCUT2D eigenvalue weighted by molar-refractivity contribution is 7.92. The minimum Gasteiger partial charge on any atom is -0.323 e.